The molecule has 0 aliphatic carbocycles. The molecule has 0 spiro atoms. The maximum atomic E-state index is 12.6. The number of likely N-dealkylation sites (N-methyl/N-ethyl adjacent to an activating group) is 1. The van der Waals surface area contributed by atoms with Gasteiger partial charge in [-0.05, 0) is 49.7 Å². The lowest BCUT2D eigenvalue weighted by molar-refractivity contribution is -0.120. The second-order valence-corrected chi connectivity index (χ2v) is 8.47. The van der Waals surface area contributed by atoms with Crippen molar-refractivity contribution in [2.24, 2.45) is 0 Å². The zero-order chi connectivity index (χ0) is 25.0. The third-order valence-corrected chi connectivity index (χ3v) is 6.12. The summed E-state index contributed by atoms with van der Waals surface area (Å²) < 4.78 is 11.1. The number of benzene rings is 2. The topological polar surface area (TPSA) is 83.1 Å². The third-order valence-electron chi connectivity index (χ3n) is 6.12. The van der Waals surface area contributed by atoms with E-state index in [0.717, 1.165) is 44.8 Å². The molecule has 1 saturated heterocycles. The minimum atomic E-state index is -0.337. The van der Waals surface area contributed by atoms with E-state index >= 15 is 0 Å². The van der Waals surface area contributed by atoms with E-state index in [-0.39, 0.29) is 18.4 Å². The summed E-state index contributed by atoms with van der Waals surface area (Å²) in [7, 11) is 0. The van der Waals surface area contributed by atoms with E-state index in [1.54, 1.807) is 18.2 Å². The normalized spacial score (nSPS) is 14.4. The first kappa shape index (κ1) is 26.5. The van der Waals surface area contributed by atoms with E-state index < -0.39 is 0 Å². The molecule has 0 saturated carbocycles. The highest BCUT2D eigenvalue weighted by Crippen LogP contribution is 2.28. The quantitative estimate of drug-likeness (QED) is 0.484. The van der Waals surface area contributed by atoms with Crippen LogP contribution in [0.3, 0.4) is 0 Å². The van der Waals surface area contributed by atoms with Crippen molar-refractivity contribution in [2.45, 2.75) is 33.9 Å². The standard InChI is InChI=1S/C27H38N4O4/c1-4-30-13-15-31(16-14-30)20-23-10-8-7-9-22(23)18-28-26(32)19-29-27(33)21-11-12-24(34-5-2)25(17-21)35-6-3/h7-12,17H,4-6,13-16,18-20H2,1-3H3,(H,28,32)(H,29,33). The molecule has 190 valence electrons. The van der Waals surface area contributed by atoms with Gasteiger partial charge in [-0.25, -0.2) is 0 Å². The summed E-state index contributed by atoms with van der Waals surface area (Å²) >= 11 is 0. The minimum Gasteiger partial charge on any atom is -0.490 e. The number of carbonyl (C=O) groups is 2. The van der Waals surface area contributed by atoms with Crippen LogP contribution < -0.4 is 20.1 Å². The van der Waals surface area contributed by atoms with Gasteiger partial charge in [0, 0.05) is 44.8 Å². The van der Waals surface area contributed by atoms with Gasteiger partial charge in [-0.15, -0.1) is 0 Å². The number of ether oxygens (including phenoxy) is 2. The van der Waals surface area contributed by atoms with Crippen LogP contribution in [0.4, 0.5) is 0 Å². The SMILES string of the molecule is CCOc1ccc(C(=O)NCC(=O)NCc2ccccc2CN2CCN(CC)CC2)cc1OCC. The molecule has 2 N–H and O–H groups in total. The maximum Gasteiger partial charge on any atom is 0.251 e. The molecule has 1 aliphatic rings. The van der Waals surface area contributed by atoms with Crippen molar-refractivity contribution in [2.75, 3.05) is 52.5 Å². The van der Waals surface area contributed by atoms with Crippen LogP contribution in [-0.4, -0.2) is 74.1 Å². The summed E-state index contributed by atoms with van der Waals surface area (Å²) in [6.45, 7) is 13.5. The molecule has 1 fully saturated rings. The van der Waals surface area contributed by atoms with E-state index in [0.29, 0.717) is 36.8 Å². The highest BCUT2D eigenvalue weighted by Gasteiger charge is 2.17. The van der Waals surface area contributed by atoms with Crippen LogP contribution in [-0.2, 0) is 17.9 Å². The highest BCUT2D eigenvalue weighted by molar-refractivity contribution is 5.97. The summed E-state index contributed by atoms with van der Waals surface area (Å²) in [5.41, 5.74) is 2.73. The Kier molecular flexibility index (Phi) is 10.4. The summed E-state index contributed by atoms with van der Waals surface area (Å²) in [6, 6.07) is 13.2. The number of piperazine rings is 1. The molecule has 8 heteroatoms. The van der Waals surface area contributed by atoms with Crippen LogP contribution in [0.2, 0.25) is 0 Å². The Labute approximate surface area is 208 Å². The molecule has 0 bridgehead atoms. The molecule has 0 aromatic heterocycles. The van der Waals surface area contributed by atoms with Gasteiger partial charge in [0.05, 0.1) is 19.8 Å². The Morgan fingerprint density at radius 3 is 2.17 bits per heavy atom. The fourth-order valence-corrected chi connectivity index (χ4v) is 4.10. The van der Waals surface area contributed by atoms with E-state index in [2.05, 4.69) is 33.4 Å². The number of nitrogens with zero attached hydrogens (tertiary/aromatic N) is 2. The molecule has 0 unspecified atom stereocenters. The van der Waals surface area contributed by atoms with Gasteiger partial charge in [-0.1, -0.05) is 31.2 Å². The molecule has 2 aromatic carbocycles. The molecule has 1 aliphatic heterocycles. The first-order chi connectivity index (χ1) is 17.0. The average Bonchev–Trinajstić information content (AvgIpc) is 2.88. The van der Waals surface area contributed by atoms with Gasteiger partial charge < -0.3 is 25.0 Å². The predicted octanol–water partition coefficient (Wildman–Crippen LogP) is 2.67. The van der Waals surface area contributed by atoms with Crippen LogP contribution in [0, 0.1) is 0 Å². The lowest BCUT2D eigenvalue weighted by atomic mass is 10.1. The van der Waals surface area contributed by atoms with Gasteiger partial charge in [0.2, 0.25) is 5.91 Å². The van der Waals surface area contributed by atoms with Crippen LogP contribution in [0.25, 0.3) is 0 Å². The molecule has 2 aromatic rings. The molecule has 0 radical (unpaired) electrons. The van der Waals surface area contributed by atoms with Crippen molar-refractivity contribution in [1.29, 1.82) is 0 Å². The van der Waals surface area contributed by atoms with E-state index in [9.17, 15) is 9.59 Å². The van der Waals surface area contributed by atoms with E-state index in [1.165, 1.54) is 5.56 Å². The van der Waals surface area contributed by atoms with Crippen molar-refractivity contribution < 1.29 is 19.1 Å². The van der Waals surface area contributed by atoms with Crippen molar-refractivity contribution in [1.82, 2.24) is 20.4 Å². The van der Waals surface area contributed by atoms with Crippen molar-refractivity contribution in [3.63, 3.8) is 0 Å². The first-order valence-corrected chi connectivity index (χ1v) is 12.5. The van der Waals surface area contributed by atoms with E-state index in [4.69, 9.17) is 9.47 Å². The van der Waals surface area contributed by atoms with Gasteiger partial charge in [0.1, 0.15) is 0 Å². The molecule has 3 rings (SSSR count). The van der Waals surface area contributed by atoms with E-state index in [1.807, 2.05) is 32.0 Å². The molecule has 35 heavy (non-hydrogen) atoms. The predicted molar refractivity (Wildman–Crippen MR) is 137 cm³/mol. The Morgan fingerprint density at radius 2 is 1.49 bits per heavy atom. The largest absolute Gasteiger partial charge is 0.490 e. The zero-order valence-electron chi connectivity index (χ0n) is 21.1. The molecule has 2 amide bonds. The van der Waals surface area contributed by atoms with Gasteiger partial charge in [0.25, 0.3) is 5.91 Å². The van der Waals surface area contributed by atoms with Crippen LogP contribution >= 0.6 is 0 Å². The number of amides is 2. The monoisotopic (exact) mass is 482 g/mol. The Hall–Kier alpha value is -3.10. The molecule has 0 atom stereocenters. The summed E-state index contributed by atoms with van der Waals surface area (Å²) in [5.74, 6) is 0.533. The fourth-order valence-electron chi connectivity index (χ4n) is 4.10. The van der Waals surface area contributed by atoms with Gasteiger partial charge in [0.15, 0.2) is 11.5 Å². The van der Waals surface area contributed by atoms with Crippen LogP contribution in [0.15, 0.2) is 42.5 Å². The number of hydrogen-bond acceptors (Lipinski definition) is 6. The van der Waals surface area contributed by atoms with Crippen LogP contribution in [0.1, 0.15) is 42.3 Å². The second-order valence-electron chi connectivity index (χ2n) is 8.47. The molecular weight excluding hydrogens is 444 g/mol. The summed E-state index contributed by atoms with van der Waals surface area (Å²) in [4.78, 5) is 29.9. The van der Waals surface area contributed by atoms with Gasteiger partial charge >= 0.3 is 0 Å². The van der Waals surface area contributed by atoms with Crippen molar-refractivity contribution >= 4 is 11.8 Å². The molecular formula is C27H38N4O4. The molecule has 8 nitrogen and oxygen atoms in total. The first-order valence-electron chi connectivity index (χ1n) is 12.5. The number of carbonyl (C=O) groups excluding carboxylic acids is 2. The Bertz CT molecular complexity index is 973. The third kappa shape index (κ3) is 7.97. The Morgan fingerprint density at radius 1 is 0.829 bits per heavy atom. The number of rotatable bonds is 12. The minimum absolute atomic E-state index is 0.100. The fraction of sp³-hybridized carbons (Fsp3) is 0.481. The lowest BCUT2D eigenvalue weighted by Crippen LogP contribution is -2.45. The maximum absolute atomic E-state index is 12.6. The summed E-state index contributed by atoms with van der Waals surface area (Å²) in [5, 5.41) is 5.62. The Balaban J connectivity index is 1.49. The van der Waals surface area contributed by atoms with Crippen LogP contribution in [0.5, 0.6) is 11.5 Å². The number of nitrogens with one attached hydrogen (secondary N) is 2. The second kappa shape index (κ2) is 13.7. The van der Waals surface area contributed by atoms with Crippen molar-refractivity contribution in [3.05, 3.63) is 59.2 Å². The van der Waals surface area contributed by atoms with Gasteiger partial charge in [-0.2, -0.15) is 0 Å². The number of hydrogen-bond donors (Lipinski definition) is 2. The van der Waals surface area contributed by atoms with Crippen molar-refractivity contribution in [3.8, 4) is 11.5 Å². The van der Waals surface area contributed by atoms with Gasteiger partial charge in [-0.3, -0.25) is 14.5 Å². The zero-order valence-corrected chi connectivity index (χ0v) is 21.1. The molecule has 1 heterocycles. The smallest absolute Gasteiger partial charge is 0.251 e. The lowest BCUT2D eigenvalue weighted by Gasteiger charge is -2.34. The summed E-state index contributed by atoms with van der Waals surface area (Å²) in [6.07, 6.45) is 0. The highest BCUT2D eigenvalue weighted by atomic mass is 16.5. The average molecular weight is 483 g/mol.